The van der Waals surface area contributed by atoms with E-state index < -0.39 is 33.0 Å². The molecule has 3 heterocycles. The highest BCUT2D eigenvalue weighted by Gasteiger charge is 2.30. The Labute approximate surface area is 186 Å². The van der Waals surface area contributed by atoms with Crippen LogP contribution >= 0.6 is 11.6 Å². The molecule has 14 heteroatoms. The van der Waals surface area contributed by atoms with E-state index in [1.165, 1.54) is 10.5 Å². The van der Waals surface area contributed by atoms with E-state index in [1.54, 1.807) is 11.8 Å². The van der Waals surface area contributed by atoms with Crippen molar-refractivity contribution in [3.8, 4) is 5.69 Å². The van der Waals surface area contributed by atoms with Crippen LogP contribution in [-0.4, -0.2) is 58.8 Å². The number of nitrogens with zero attached hydrogens (tertiary/aromatic N) is 6. The maximum Gasteiger partial charge on any atom is 0.292 e. The van der Waals surface area contributed by atoms with Gasteiger partial charge in [0.1, 0.15) is 22.4 Å². The van der Waals surface area contributed by atoms with Gasteiger partial charge >= 0.3 is 0 Å². The van der Waals surface area contributed by atoms with Crippen molar-refractivity contribution in [3.05, 3.63) is 63.1 Å². The highest BCUT2D eigenvalue weighted by Crippen LogP contribution is 2.24. The molecule has 170 valence electrons. The number of halogens is 3. The lowest BCUT2D eigenvalue weighted by molar-refractivity contribution is 0.365. The summed E-state index contributed by atoms with van der Waals surface area (Å²) in [5.74, 6) is -1.77. The van der Waals surface area contributed by atoms with Gasteiger partial charge in [-0.25, -0.2) is 17.2 Å². The zero-order valence-electron chi connectivity index (χ0n) is 16.7. The summed E-state index contributed by atoms with van der Waals surface area (Å²) >= 11 is 6.24. The average molecular weight is 487 g/mol. The summed E-state index contributed by atoms with van der Waals surface area (Å²) < 4.78 is 59.2. The summed E-state index contributed by atoms with van der Waals surface area (Å²) in [5, 5.41) is 7.37. The molecule has 0 atom stereocenters. The lowest BCUT2D eigenvalue weighted by Gasteiger charge is -2.35. The van der Waals surface area contributed by atoms with Crippen molar-refractivity contribution in [2.45, 2.75) is 12.7 Å². The number of benzene rings is 1. The van der Waals surface area contributed by atoms with Crippen LogP contribution in [0.4, 0.5) is 14.5 Å². The van der Waals surface area contributed by atoms with Gasteiger partial charge in [0, 0.05) is 32.2 Å². The first-order valence-corrected chi connectivity index (χ1v) is 11.4. The molecule has 0 unspecified atom stereocenters. The number of hydrogen-bond donors (Lipinski definition) is 0. The van der Waals surface area contributed by atoms with Crippen molar-refractivity contribution in [1.82, 2.24) is 24.2 Å². The number of aryl methyl sites for hydroxylation is 1. The van der Waals surface area contributed by atoms with E-state index in [-0.39, 0.29) is 42.8 Å². The van der Waals surface area contributed by atoms with E-state index in [4.69, 9.17) is 16.1 Å². The molecule has 2 aromatic heterocycles. The molecule has 0 aliphatic carbocycles. The van der Waals surface area contributed by atoms with Crippen LogP contribution in [0.25, 0.3) is 5.69 Å². The van der Waals surface area contributed by atoms with Crippen molar-refractivity contribution in [3.63, 3.8) is 0 Å². The molecule has 32 heavy (non-hydrogen) atoms. The summed E-state index contributed by atoms with van der Waals surface area (Å²) in [6.07, 6.45) is 1.30. The van der Waals surface area contributed by atoms with Crippen LogP contribution in [-0.2, 0) is 15.8 Å². The molecule has 0 amide bonds. The Morgan fingerprint density at radius 3 is 2.38 bits per heavy atom. The minimum atomic E-state index is -3.67. The zero-order chi connectivity index (χ0) is 23.0. The van der Waals surface area contributed by atoms with Gasteiger partial charge in [-0.1, -0.05) is 16.8 Å². The topological polar surface area (TPSA) is 114 Å². The molecule has 10 nitrogen and oxygen atoms in total. The van der Waals surface area contributed by atoms with Gasteiger partial charge in [0.15, 0.2) is 5.82 Å². The van der Waals surface area contributed by atoms with Gasteiger partial charge in [0.2, 0.25) is 15.9 Å². The minimum absolute atomic E-state index is 0.00886. The smallest absolute Gasteiger partial charge is 0.292 e. The lowest BCUT2D eigenvalue weighted by atomic mass is 10.3. The molecular weight excluding hydrogens is 470 g/mol. The number of anilines is 1. The molecule has 1 aliphatic heterocycles. The van der Waals surface area contributed by atoms with E-state index in [0.29, 0.717) is 17.6 Å². The van der Waals surface area contributed by atoms with Gasteiger partial charge in [-0.05, 0) is 19.1 Å². The molecule has 0 N–H and O–H groups in total. The maximum absolute atomic E-state index is 13.5. The van der Waals surface area contributed by atoms with Gasteiger partial charge in [-0.2, -0.15) is 19.1 Å². The third-order valence-electron chi connectivity index (χ3n) is 4.84. The van der Waals surface area contributed by atoms with Crippen LogP contribution in [0.2, 0.25) is 5.02 Å². The van der Waals surface area contributed by atoms with Crippen LogP contribution < -0.4 is 10.5 Å². The number of rotatable bonds is 5. The lowest BCUT2D eigenvalue weighted by Crippen LogP contribution is -2.49. The number of sulfonamides is 1. The van der Waals surface area contributed by atoms with Gasteiger partial charge in [0.25, 0.3) is 5.56 Å². The first-order valence-electron chi connectivity index (χ1n) is 9.40. The van der Waals surface area contributed by atoms with Gasteiger partial charge < -0.3 is 9.42 Å². The second-order valence-electron chi connectivity index (χ2n) is 7.07. The molecular formula is C18H17ClF2N6O4S. The first kappa shape index (κ1) is 22.3. The third-order valence-corrected chi connectivity index (χ3v) is 6.96. The summed E-state index contributed by atoms with van der Waals surface area (Å²) in [7, 11) is -3.67. The number of aromatic nitrogens is 4. The van der Waals surface area contributed by atoms with Gasteiger partial charge in [-0.3, -0.25) is 4.79 Å². The van der Waals surface area contributed by atoms with Crippen molar-refractivity contribution in [2.75, 3.05) is 31.1 Å². The van der Waals surface area contributed by atoms with E-state index in [2.05, 4.69) is 15.2 Å². The first-order chi connectivity index (χ1) is 15.1. The summed E-state index contributed by atoms with van der Waals surface area (Å²) in [4.78, 5) is 18.3. The predicted molar refractivity (Wildman–Crippen MR) is 110 cm³/mol. The molecule has 1 aromatic carbocycles. The van der Waals surface area contributed by atoms with Crippen LogP contribution in [0.3, 0.4) is 0 Å². The molecule has 0 saturated carbocycles. The largest absolute Gasteiger partial charge is 0.366 e. The van der Waals surface area contributed by atoms with E-state index in [1.807, 2.05) is 0 Å². The Morgan fingerprint density at radius 2 is 1.78 bits per heavy atom. The Bertz CT molecular complexity index is 1300. The Kier molecular flexibility index (Phi) is 5.97. The molecule has 0 bridgehead atoms. The van der Waals surface area contributed by atoms with Crippen LogP contribution in [0.1, 0.15) is 11.7 Å². The van der Waals surface area contributed by atoms with Crippen molar-refractivity contribution in [2.24, 2.45) is 0 Å². The fourth-order valence-electron chi connectivity index (χ4n) is 3.34. The van der Waals surface area contributed by atoms with Crippen molar-refractivity contribution in [1.29, 1.82) is 0 Å². The van der Waals surface area contributed by atoms with Gasteiger partial charge in [0.05, 0.1) is 17.6 Å². The van der Waals surface area contributed by atoms with Crippen LogP contribution in [0.5, 0.6) is 0 Å². The monoisotopic (exact) mass is 486 g/mol. The molecule has 4 rings (SSSR count). The molecule has 0 spiro atoms. The molecule has 0 radical (unpaired) electrons. The number of hydrogen-bond acceptors (Lipinski definition) is 8. The van der Waals surface area contributed by atoms with E-state index in [0.717, 1.165) is 16.8 Å². The number of piperazine rings is 1. The summed E-state index contributed by atoms with van der Waals surface area (Å²) in [5.41, 5.74) is -0.557. The Hall–Kier alpha value is -2.90. The SMILES string of the molecule is Cc1noc(CS(=O)(=O)N2CCN(c3cnn(-c4cc(F)cc(F)c4)c(=O)c3Cl)CC2)n1. The second kappa shape index (κ2) is 8.56. The summed E-state index contributed by atoms with van der Waals surface area (Å²) in [6.45, 7) is 2.38. The standard InChI is InChI=1S/C18H17ClF2N6O4S/c1-11-23-16(31-24-11)10-32(29,30)26-4-2-25(3-5-26)15-9-22-27(18(28)17(15)19)14-7-12(20)6-13(21)8-14/h6-9H,2-5,10H2,1H3. The third kappa shape index (κ3) is 4.49. The minimum Gasteiger partial charge on any atom is -0.366 e. The van der Waals surface area contributed by atoms with Crippen LogP contribution in [0, 0.1) is 18.6 Å². The van der Waals surface area contributed by atoms with E-state index in [9.17, 15) is 22.0 Å². The average Bonchev–Trinajstić information content (AvgIpc) is 3.13. The van der Waals surface area contributed by atoms with E-state index >= 15 is 0 Å². The quantitative estimate of drug-likeness (QED) is 0.533. The van der Waals surface area contributed by atoms with Crippen LogP contribution in [0.15, 0.2) is 33.7 Å². The summed E-state index contributed by atoms with van der Waals surface area (Å²) in [6, 6.07) is 2.60. The second-order valence-corrected chi connectivity index (χ2v) is 9.41. The highest BCUT2D eigenvalue weighted by molar-refractivity contribution is 7.88. The molecule has 3 aromatic rings. The maximum atomic E-state index is 13.5. The fourth-order valence-corrected chi connectivity index (χ4v) is 4.92. The highest BCUT2D eigenvalue weighted by atomic mass is 35.5. The molecule has 1 fully saturated rings. The fraction of sp³-hybridized carbons (Fsp3) is 0.333. The van der Waals surface area contributed by atoms with Gasteiger partial charge in [-0.15, -0.1) is 0 Å². The Morgan fingerprint density at radius 1 is 1.12 bits per heavy atom. The zero-order valence-corrected chi connectivity index (χ0v) is 18.3. The van der Waals surface area contributed by atoms with Crippen molar-refractivity contribution < 1.29 is 21.7 Å². The normalized spacial score (nSPS) is 15.3. The predicted octanol–water partition coefficient (Wildman–Crippen LogP) is 1.51. The van der Waals surface area contributed by atoms with Crippen molar-refractivity contribution >= 4 is 27.3 Å². The Balaban J connectivity index is 1.50. The molecule has 1 saturated heterocycles. The molecule has 1 aliphatic rings.